The van der Waals surface area contributed by atoms with Crippen LogP contribution in [0.2, 0.25) is 0 Å². The zero-order chi connectivity index (χ0) is 23.9. The summed E-state index contributed by atoms with van der Waals surface area (Å²) in [7, 11) is -3.77. The van der Waals surface area contributed by atoms with Crippen LogP contribution < -0.4 is 10.6 Å². The van der Waals surface area contributed by atoms with Gasteiger partial charge in [0.2, 0.25) is 15.9 Å². The molecular formula is C24H24N4O5S. The summed E-state index contributed by atoms with van der Waals surface area (Å²) in [5, 5.41) is 5.34. The first-order valence-electron chi connectivity index (χ1n) is 11.0. The van der Waals surface area contributed by atoms with Crippen LogP contribution in [0.5, 0.6) is 0 Å². The van der Waals surface area contributed by atoms with Crippen LogP contribution in [0.3, 0.4) is 0 Å². The topological polar surface area (TPSA) is 125 Å². The van der Waals surface area contributed by atoms with Gasteiger partial charge in [0, 0.05) is 29.6 Å². The van der Waals surface area contributed by atoms with Gasteiger partial charge in [0.15, 0.2) is 5.88 Å². The number of furan rings is 1. The van der Waals surface area contributed by atoms with E-state index in [0.29, 0.717) is 22.7 Å². The van der Waals surface area contributed by atoms with Crippen molar-refractivity contribution in [1.29, 1.82) is 0 Å². The first-order valence-corrected chi connectivity index (χ1v) is 12.4. The average Bonchev–Trinajstić information content (AvgIpc) is 3.52. The van der Waals surface area contributed by atoms with Crippen LogP contribution in [0.15, 0.2) is 58.4 Å². The number of rotatable bonds is 6. The summed E-state index contributed by atoms with van der Waals surface area (Å²) in [6.07, 6.45) is 5.31. The third-order valence-corrected chi connectivity index (χ3v) is 7.91. The average molecular weight is 481 g/mol. The number of carbonyl (C=O) groups excluding carboxylic acids is 2. The molecule has 3 heterocycles. The molecule has 1 aliphatic heterocycles. The van der Waals surface area contributed by atoms with Gasteiger partial charge in [0.1, 0.15) is 11.5 Å². The lowest BCUT2D eigenvalue weighted by molar-refractivity contribution is -0.112. The molecule has 1 aromatic carbocycles. The van der Waals surface area contributed by atoms with Crippen molar-refractivity contribution < 1.29 is 22.4 Å². The Morgan fingerprint density at radius 1 is 1.03 bits per heavy atom. The van der Waals surface area contributed by atoms with Crippen molar-refractivity contribution in [3.8, 4) is 0 Å². The van der Waals surface area contributed by atoms with Gasteiger partial charge < -0.3 is 14.7 Å². The molecule has 0 unspecified atom stereocenters. The molecule has 5 rings (SSSR count). The molecule has 0 spiro atoms. The van der Waals surface area contributed by atoms with Crippen molar-refractivity contribution >= 4 is 33.4 Å². The number of hydrogen-bond donors (Lipinski definition) is 3. The molecule has 34 heavy (non-hydrogen) atoms. The minimum absolute atomic E-state index is 0.0671. The Morgan fingerprint density at radius 3 is 2.50 bits per heavy atom. The van der Waals surface area contributed by atoms with Crippen LogP contribution in [0.4, 0.5) is 11.6 Å². The predicted octanol–water partition coefficient (Wildman–Crippen LogP) is 3.57. The molecule has 2 aromatic heterocycles. The second-order valence-electron chi connectivity index (χ2n) is 8.40. The molecule has 9 nitrogen and oxygen atoms in total. The summed E-state index contributed by atoms with van der Waals surface area (Å²) in [6.45, 7) is 3.59. The molecule has 0 fully saturated rings. The molecule has 0 atom stereocenters. The molecule has 2 aliphatic rings. The number of benzene rings is 1. The number of nitrogens with zero attached hydrogens (tertiary/aromatic N) is 1. The van der Waals surface area contributed by atoms with Crippen molar-refractivity contribution in [3.63, 3.8) is 0 Å². The van der Waals surface area contributed by atoms with Gasteiger partial charge in [-0.2, -0.15) is 4.31 Å². The highest BCUT2D eigenvalue weighted by Gasteiger charge is 2.33. The summed E-state index contributed by atoms with van der Waals surface area (Å²) in [4.78, 5) is 27.4. The number of aromatic amines is 1. The predicted molar refractivity (Wildman–Crippen MR) is 126 cm³/mol. The van der Waals surface area contributed by atoms with Crippen LogP contribution in [0.1, 0.15) is 45.9 Å². The maximum Gasteiger partial charge on any atom is 0.272 e. The van der Waals surface area contributed by atoms with Crippen LogP contribution in [0, 0.1) is 0 Å². The second-order valence-corrected chi connectivity index (χ2v) is 10.3. The summed E-state index contributed by atoms with van der Waals surface area (Å²) in [5.74, 6) is 0.0869. The van der Waals surface area contributed by atoms with E-state index >= 15 is 0 Å². The third kappa shape index (κ3) is 4.17. The van der Waals surface area contributed by atoms with E-state index in [2.05, 4.69) is 22.2 Å². The quantitative estimate of drug-likeness (QED) is 0.465. The van der Waals surface area contributed by atoms with Gasteiger partial charge in [-0.05, 0) is 67.7 Å². The fourth-order valence-electron chi connectivity index (χ4n) is 4.33. The molecule has 10 heteroatoms. The van der Waals surface area contributed by atoms with E-state index in [1.807, 2.05) is 6.07 Å². The Hall–Kier alpha value is -3.63. The Kier molecular flexibility index (Phi) is 5.62. The number of amides is 2. The standard InChI is InChI=1S/C24H24N4O5S/c1-2-22(29)27-23-12-16-13-28(14-21(16)33-23)34(31,32)18-9-7-17(8-10-18)25-24(30)20-11-15-5-3-4-6-19(15)26-20/h2,7-12,26H,1,3-6,13-14H2,(H,25,30)(H,27,29). The molecule has 0 saturated heterocycles. The minimum atomic E-state index is -3.77. The molecular weight excluding hydrogens is 456 g/mol. The Labute approximate surface area is 196 Å². The van der Waals surface area contributed by atoms with Gasteiger partial charge in [0.25, 0.3) is 5.91 Å². The summed E-state index contributed by atoms with van der Waals surface area (Å²) < 4.78 is 33.0. The Bertz CT molecular complexity index is 1340. The number of sulfonamides is 1. The fourth-order valence-corrected chi connectivity index (χ4v) is 5.70. The SMILES string of the molecule is C=CC(=O)Nc1cc2c(o1)CN(S(=O)(=O)c1ccc(NC(=O)c3cc4c([nH]3)CCCC4)cc1)C2. The van der Waals surface area contributed by atoms with Crippen molar-refractivity contribution in [2.24, 2.45) is 0 Å². The highest BCUT2D eigenvalue weighted by molar-refractivity contribution is 7.89. The van der Waals surface area contributed by atoms with Crippen LogP contribution in [0.25, 0.3) is 0 Å². The number of aryl methyl sites for hydroxylation is 2. The first-order chi connectivity index (χ1) is 16.3. The van der Waals surface area contributed by atoms with Gasteiger partial charge in [-0.25, -0.2) is 8.42 Å². The molecule has 0 radical (unpaired) electrons. The zero-order valence-corrected chi connectivity index (χ0v) is 19.2. The van der Waals surface area contributed by atoms with E-state index in [0.717, 1.165) is 37.5 Å². The number of fused-ring (bicyclic) bond motifs is 2. The fraction of sp³-hybridized carbons (Fsp3) is 0.250. The van der Waals surface area contributed by atoms with Crippen molar-refractivity contribution in [2.45, 2.75) is 43.7 Å². The van der Waals surface area contributed by atoms with E-state index in [-0.39, 0.29) is 29.8 Å². The van der Waals surface area contributed by atoms with Crippen LogP contribution >= 0.6 is 0 Å². The monoisotopic (exact) mass is 480 g/mol. The lowest BCUT2D eigenvalue weighted by Crippen LogP contribution is -2.25. The Morgan fingerprint density at radius 2 is 1.79 bits per heavy atom. The highest BCUT2D eigenvalue weighted by Crippen LogP contribution is 2.33. The second kappa shape index (κ2) is 8.62. The molecule has 2 amide bonds. The number of aromatic nitrogens is 1. The molecule has 1 aliphatic carbocycles. The largest absolute Gasteiger partial charge is 0.444 e. The summed E-state index contributed by atoms with van der Waals surface area (Å²) in [6, 6.07) is 9.60. The van der Waals surface area contributed by atoms with Gasteiger partial charge in [-0.15, -0.1) is 0 Å². The number of carbonyl (C=O) groups is 2. The van der Waals surface area contributed by atoms with Gasteiger partial charge in [-0.3, -0.25) is 14.9 Å². The number of nitrogens with one attached hydrogen (secondary N) is 3. The lowest BCUT2D eigenvalue weighted by atomic mass is 9.98. The summed E-state index contributed by atoms with van der Waals surface area (Å²) >= 11 is 0. The first kappa shape index (κ1) is 22.2. The molecule has 3 aromatic rings. The molecule has 0 saturated carbocycles. The maximum absolute atomic E-state index is 13.1. The van der Waals surface area contributed by atoms with Gasteiger partial charge >= 0.3 is 0 Å². The van der Waals surface area contributed by atoms with Crippen molar-refractivity contribution in [3.05, 3.63) is 77.3 Å². The number of H-pyrrole nitrogens is 1. The minimum Gasteiger partial charge on any atom is -0.444 e. The summed E-state index contributed by atoms with van der Waals surface area (Å²) in [5.41, 5.74) is 4.03. The number of anilines is 2. The smallest absolute Gasteiger partial charge is 0.272 e. The van der Waals surface area contributed by atoms with Crippen LogP contribution in [-0.2, 0) is 40.7 Å². The Balaban J connectivity index is 1.25. The normalized spacial score (nSPS) is 15.4. The van der Waals surface area contributed by atoms with E-state index in [9.17, 15) is 18.0 Å². The van der Waals surface area contributed by atoms with Crippen LogP contribution in [-0.4, -0.2) is 29.5 Å². The van der Waals surface area contributed by atoms with E-state index in [1.54, 1.807) is 18.2 Å². The highest BCUT2D eigenvalue weighted by atomic mass is 32.2. The maximum atomic E-state index is 13.1. The van der Waals surface area contributed by atoms with E-state index in [1.165, 1.54) is 22.0 Å². The molecule has 0 bridgehead atoms. The van der Waals surface area contributed by atoms with Crippen molar-refractivity contribution in [2.75, 3.05) is 10.6 Å². The van der Waals surface area contributed by atoms with E-state index < -0.39 is 15.9 Å². The lowest BCUT2D eigenvalue weighted by Gasteiger charge is -2.16. The van der Waals surface area contributed by atoms with Crippen molar-refractivity contribution in [1.82, 2.24) is 9.29 Å². The van der Waals surface area contributed by atoms with Gasteiger partial charge in [0.05, 0.1) is 11.4 Å². The van der Waals surface area contributed by atoms with Gasteiger partial charge in [-0.1, -0.05) is 6.58 Å². The zero-order valence-electron chi connectivity index (χ0n) is 18.4. The molecule has 176 valence electrons. The van der Waals surface area contributed by atoms with E-state index in [4.69, 9.17) is 4.42 Å². The third-order valence-electron chi connectivity index (χ3n) is 6.10. The molecule has 3 N–H and O–H groups in total. The number of hydrogen-bond acceptors (Lipinski definition) is 5.